The van der Waals surface area contributed by atoms with E-state index in [0.29, 0.717) is 5.02 Å². The van der Waals surface area contributed by atoms with Gasteiger partial charge in [-0.25, -0.2) is 8.42 Å². The first-order valence-electron chi connectivity index (χ1n) is 9.81. The van der Waals surface area contributed by atoms with Gasteiger partial charge in [-0.3, -0.25) is 4.79 Å². The summed E-state index contributed by atoms with van der Waals surface area (Å²) in [6, 6.07) is 19.6. The van der Waals surface area contributed by atoms with Crippen molar-refractivity contribution in [2.75, 3.05) is 0 Å². The number of sulfonamides is 1. The molecule has 1 fully saturated rings. The molecule has 31 heavy (non-hydrogen) atoms. The van der Waals surface area contributed by atoms with E-state index in [2.05, 4.69) is 4.72 Å². The number of halogens is 1. The first-order chi connectivity index (χ1) is 14.6. The van der Waals surface area contributed by atoms with E-state index in [9.17, 15) is 18.3 Å². The van der Waals surface area contributed by atoms with Crippen molar-refractivity contribution in [1.82, 2.24) is 4.72 Å². The van der Waals surface area contributed by atoms with Crippen LogP contribution in [0.3, 0.4) is 0 Å². The van der Waals surface area contributed by atoms with Crippen molar-refractivity contribution >= 4 is 38.9 Å². The molecule has 1 aliphatic carbocycles. The van der Waals surface area contributed by atoms with Crippen LogP contribution in [0.4, 0.5) is 0 Å². The number of nitrogens with one attached hydrogen (secondary N) is 1. The molecule has 1 aromatic heterocycles. The molecule has 4 rings (SSSR count). The SMILES string of the molecule is CC(C)[C@@]1(c2ccccc2)C[C@]1(NS(=O)(=O)c1ccc(-c2ccc(Cl)cc2)s1)C(=O)O. The molecule has 0 bridgehead atoms. The largest absolute Gasteiger partial charge is 0.480 e. The first kappa shape index (κ1) is 22.0. The van der Waals surface area contributed by atoms with Gasteiger partial charge in [-0.1, -0.05) is 67.9 Å². The molecule has 0 amide bonds. The molecule has 0 aliphatic heterocycles. The summed E-state index contributed by atoms with van der Waals surface area (Å²) in [7, 11) is -4.05. The number of hydrogen-bond acceptors (Lipinski definition) is 4. The van der Waals surface area contributed by atoms with E-state index in [0.717, 1.165) is 27.3 Å². The Labute approximate surface area is 190 Å². The Morgan fingerprint density at radius 2 is 1.71 bits per heavy atom. The molecule has 1 heterocycles. The predicted octanol–water partition coefficient (Wildman–Crippen LogP) is 5.17. The van der Waals surface area contributed by atoms with Gasteiger partial charge < -0.3 is 5.11 Å². The van der Waals surface area contributed by atoms with Crippen molar-refractivity contribution in [1.29, 1.82) is 0 Å². The third kappa shape index (κ3) is 3.59. The molecular weight excluding hydrogens is 454 g/mol. The number of carbonyl (C=O) groups is 1. The number of carboxylic acid groups (broad SMARTS) is 1. The third-order valence-corrected chi connectivity index (χ3v) is 9.48. The van der Waals surface area contributed by atoms with Crippen molar-refractivity contribution < 1.29 is 18.3 Å². The van der Waals surface area contributed by atoms with E-state index >= 15 is 0 Å². The second kappa shape index (κ2) is 7.74. The van der Waals surface area contributed by atoms with Gasteiger partial charge in [0.05, 0.1) is 0 Å². The van der Waals surface area contributed by atoms with E-state index in [-0.39, 0.29) is 16.5 Å². The van der Waals surface area contributed by atoms with Gasteiger partial charge in [-0.15, -0.1) is 11.3 Å². The monoisotopic (exact) mass is 475 g/mol. The zero-order valence-electron chi connectivity index (χ0n) is 17.0. The minimum atomic E-state index is -4.05. The molecule has 0 radical (unpaired) electrons. The minimum Gasteiger partial charge on any atom is -0.480 e. The number of rotatable bonds is 7. The van der Waals surface area contributed by atoms with Gasteiger partial charge in [0.25, 0.3) is 10.0 Å². The molecule has 1 saturated carbocycles. The van der Waals surface area contributed by atoms with Crippen LogP contribution >= 0.6 is 22.9 Å². The lowest BCUT2D eigenvalue weighted by atomic mass is 9.81. The third-order valence-electron chi connectivity index (χ3n) is 6.10. The fourth-order valence-electron chi connectivity index (χ4n) is 4.44. The first-order valence-corrected chi connectivity index (χ1v) is 12.5. The highest BCUT2D eigenvalue weighted by Gasteiger charge is 2.75. The molecule has 0 spiro atoms. The molecule has 0 unspecified atom stereocenters. The lowest BCUT2D eigenvalue weighted by Gasteiger charge is -2.27. The molecule has 2 aromatic carbocycles. The highest BCUT2D eigenvalue weighted by Crippen LogP contribution is 2.62. The van der Waals surface area contributed by atoms with Gasteiger partial charge in [0.1, 0.15) is 9.75 Å². The second-order valence-electron chi connectivity index (χ2n) is 8.11. The molecule has 0 saturated heterocycles. The van der Waals surface area contributed by atoms with E-state index in [1.807, 2.05) is 56.3 Å². The number of thiophene rings is 1. The normalized spacial score (nSPS) is 23.1. The summed E-state index contributed by atoms with van der Waals surface area (Å²) >= 11 is 7.03. The maximum absolute atomic E-state index is 13.2. The summed E-state index contributed by atoms with van der Waals surface area (Å²) < 4.78 is 29.1. The second-order valence-corrected chi connectivity index (χ2v) is 11.5. The van der Waals surface area contributed by atoms with Crippen LogP contribution in [0.25, 0.3) is 10.4 Å². The van der Waals surface area contributed by atoms with Crippen molar-refractivity contribution in [3.05, 3.63) is 77.3 Å². The molecule has 3 aromatic rings. The van der Waals surface area contributed by atoms with Crippen LogP contribution in [0.1, 0.15) is 25.8 Å². The summed E-state index contributed by atoms with van der Waals surface area (Å²) in [4.78, 5) is 13.2. The van der Waals surface area contributed by atoms with Crippen LogP contribution in [-0.2, 0) is 20.2 Å². The molecule has 8 heteroatoms. The zero-order chi connectivity index (χ0) is 22.4. The predicted molar refractivity (Wildman–Crippen MR) is 123 cm³/mol. The molecule has 162 valence electrons. The topological polar surface area (TPSA) is 83.5 Å². The molecular formula is C23H22ClNO4S2. The smallest absolute Gasteiger partial charge is 0.325 e. The fraction of sp³-hybridized carbons (Fsp3) is 0.261. The fourth-order valence-corrected chi connectivity index (χ4v) is 7.29. The van der Waals surface area contributed by atoms with Gasteiger partial charge >= 0.3 is 5.97 Å². The van der Waals surface area contributed by atoms with Crippen LogP contribution < -0.4 is 4.72 Å². The maximum atomic E-state index is 13.2. The van der Waals surface area contributed by atoms with E-state index in [1.165, 1.54) is 6.07 Å². The maximum Gasteiger partial charge on any atom is 0.325 e. The molecule has 2 atom stereocenters. The minimum absolute atomic E-state index is 0.0793. The summed E-state index contributed by atoms with van der Waals surface area (Å²) in [5.41, 5.74) is -0.742. The Bertz CT molecular complexity index is 1220. The van der Waals surface area contributed by atoms with Crippen LogP contribution in [0.5, 0.6) is 0 Å². The summed E-state index contributed by atoms with van der Waals surface area (Å²) in [5.74, 6) is -1.25. The zero-order valence-corrected chi connectivity index (χ0v) is 19.4. The number of benzene rings is 2. The van der Waals surface area contributed by atoms with E-state index in [1.54, 1.807) is 18.2 Å². The van der Waals surface area contributed by atoms with Crippen LogP contribution in [0.15, 0.2) is 70.9 Å². The number of aliphatic carboxylic acids is 1. The molecule has 2 N–H and O–H groups in total. The van der Waals surface area contributed by atoms with Gasteiger partial charge in [0, 0.05) is 15.3 Å². The van der Waals surface area contributed by atoms with Gasteiger partial charge in [-0.05, 0) is 47.7 Å². The molecule has 1 aliphatic rings. The standard InChI is InChI=1S/C23H22ClNO4S2/c1-15(2)22(17-6-4-3-5-7-17)14-23(22,21(26)27)25-31(28,29)20-13-12-19(30-20)16-8-10-18(24)11-9-16/h3-13,15,25H,14H2,1-2H3,(H,26,27)/t22-,23+/m1/s1. The van der Waals surface area contributed by atoms with Crippen molar-refractivity contribution in [2.45, 2.75) is 35.4 Å². The summed E-state index contributed by atoms with van der Waals surface area (Å²) in [6.07, 6.45) is 0.200. The van der Waals surface area contributed by atoms with Gasteiger partial charge in [0.15, 0.2) is 0 Å². The van der Waals surface area contributed by atoms with Crippen LogP contribution in [0, 0.1) is 5.92 Å². The van der Waals surface area contributed by atoms with Crippen LogP contribution in [-0.4, -0.2) is 25.0 Å². The Hall–Kier alpha value is -2.19. The Balaban J connectivity index is 1.70. The van der Waals surface area contributed by atoms with Crippen LogP contribution in [0.2, 0.25) is 5.02 Å². The van der Waals surface area contributed by atoms with E-state index in [4.69, 9.17) is 11.6 Å². The molecule has 5 nitrogen and oxygen atoms in total. The average molecular weight is 476 g/mol. The summed E-state index contributed by atoms with van der Waals surface area (Å²) in [5, 5.41) is 10.7. The Kier molecular flexibility index (Phi) is 5.50. The lowest BCUT2D eigenvalue weighted by Crippen LogP contribution is -2.50. The van der Waals surface area contributed by atoms with Crippen molar-refractivity contribution in [2.24, 2.45) is 5.92 Å². The highest BCUT2D eigenvalue weighted by molar-refractivity contribution is 7.91. The highest BCUT2D eigenvalue weighted by atomic mass is 35.5. The lowest BCUT2D eigenvalue weighted by molar-refractivity contribution is -0.141. The summed E-state index contributed by atoms with van der Waals surface area (Å²) in [6.45, 7) is 3.85. The van der Waals surface area contributed by atoms with Gasteiger partial charge in [-0.2, -0.15) is 4.72 Å². The number of hydrogen-bond donors (Lipinski definition) is 2. The van der Waals surface area contributed by atoms with Crippen molar-refractivity contribution in [3.63, 3.8) is 0 Å². The van der Waals surface area contributed by atoms with Gasteiger partial charge in [0.2, 0.25) is 0 Å². The Morgan fingerprint density at radius 1 is 1.06 bits per heavy atom. The quantitative estimate of drug-likeness (QED) is 0.494. The van der Waals surface area contributed by atoms with Crippen molar-refractivity contribution in [3.8, 4) is 10.4 Å². The Morgan fingerprint density at radius 3 is 2.29 bits per heavy atom. The average Bonchev–Trinajstić information content (AvgIpc) is 3.15. The van der Waals surface area contributed by atoms with E-state index < -0.39 is 26.9 Å². The number of carboxylic acids is 1.